The molecule has 0 spiro atoms. The standard InChI is InChI=1S/C39H58N2O3.CH4O/c1-29(2)31-18-22-39(23-19-31,41(9)36(20-21-37(3,4)5)32-16-14-30(27-42)15-17-32)40-35(28-43)33-12-10-11-13-34(26-33)44-25-24-38(6,7)8;1-2/h10-11,13-17,26-29,31,36H,12,18-25H2,1-9H3;2H,1H3/b40-35+;. The number of aliphatic imine (C=N–C) groups is 1. The minimum absolute atomic E-state index is 0.0985. The summed E-state index contributed by atoms with van der Waals surface area (Å²) in [6.45, 7) is 18.8. The first-order chi connectivity index (χ1) is 21.7. The number of benzene rings is 1. The van der Waals surface area contributed by atoms with E-state index >= 15 is 0 Å². The van der Waals surface area contributed by atoms with E-state index in [1.165, 1.54) is 5.56 Å². The van der Waals surface area contributed by atoms with Gasteiger partial charge in [0.25, 0.3) is 0 Å². The highest BCUT2D eigenvalue weighted by atomic mass is 16.5. The van der Waals surface area contributed by atoms with Crippen molar-refractivity contribution in [1.29, 1.82) is 0 Å². The van der Waals surface area contributed by atoms with Crippen molar-refractivity contribution in [3.8, 4) is 0 Å². The van der Waals surface area contributed by atoms with Crippen molar-refractivity contribution in [2.75, 3.05) is 20.8 Å². The second kappa shape index (κ2) is 17.9. The van der Waals surface area contributed by atoms with Gasteiger partial charge in [-0.3, -0.25) is 19.5 Å². The quantitative estimate of drug-likeness (QED) is 0.173. The van der Waals surface area contributed by atoms with Crippen molar-refractivity contribution < 1.29 is 19.4 Å². The van der Waals surface area contributed by atoms with Gasteiger partial charge in [0, 0.05) is 18.7 Å². The third-order valence-electron chi connectivity index (χ3n) is 9.46. The second-order valence-corrected chi connectivity index (χ2v) is 15.7. The van der Waals surface area contributed by atoms with E-state index in [2.05, 4.69) is 85.5 Å². The van der Waals surface area contributed by atoms with Crippen LogP contribution in [-0.2, 0) is 9.53 Å². The molecule has 1 aromatic carbocycles. The molecule has 1 atom stereocenters. The first-order valence-electron chi connectivity index (χ1n) is 17.1. The van der Waals surface area contributed by atoms with Gasteiger partial charge in [-0.25, -0.2) is 0 Å². The number of carbonyl (C=O) groups excluding carboxylic acids is 2. The highest BCUT2D eigenvalue weighted by Crippen LogP contribution is 2.45. The van der Waals surface area contributed by atoms with Gasteiger partial charge in [-0.2, -0.15) is 0 Å². The lowest BCUT2D eigenvalue weighted by Gasteiger charge is -2.48. The highest BCUT2D eigenvalue weighted by molar-refractivity contribution is 6.36. The molecule has 0 bridgehead atoms. The summed E-state index contributed by atoms with van der Waals surface area (Å²) in [6, 6.07) is 8.12. The Hall–Kier alpha value is -2.83. The predicted octanol–water partition coefficient (Wildman–Crippen LogP) is 9.31. The van der Waals surface area contributed by atoms with Gasteiger partial charge in [-0.15, -0.1) is 0 Å². The summed E-state index contributed by atoms with van der Waals surface area (Å²) < 4.78 is 6.17. The van der Waals surface area contributed by atoms with Crippen LogP contribution in [-0.4, -0.2) is 54.7 Å². The molecule has 6 nitrogen and oxygen atoms in total. The number of nitrogens with zero attached hydrogens (tertiary/aromatic N) is 2. The van der Waals surface area contributed by atoms with Crippen LogP contribution in [0.15, 0.2) is 64.9 Å². The van der Waals surface area contributed by atoms with Crippen LogP contribution < -0.4 is 0 Å². The molecular formula is C40H62N2O4. The molecule has 0 saturated heterocycles. The normalized spacial score (nSPS) is 21.5. The minimum Gasteiger partial charge on any atom is -0.494 e. The number of allylic oxidation sites excluding steroid dienone is 5. The average Bonchev–Trinajstić information content (AvgIpc) is 3.26. The van der Waals surface area contributed by atoms with E-state index in [4.69, 9.17) is 14.8 Å². The monoisotopic (exact) mass is 634 g/mol. The summed E-state index contributed by atoms with van der Waals surface area (Å²) in [5.41, 5.74) is 3.13. The summed E-state index contributed by atoms with van der Waals surface area (Å²) in [4.78, 5) is 32.2. The molecule has 46 heavy (non-hydrogen) atoms. The predicted molar refractivity (Wildman–Crippen MR) is 192 cm³/mol. The molecule has 256 valence electrons. The number of aliphatic hydroxyl groups excluding tert-OH is 1. The number of carbonyl (C=O) groups is 2. The maximum atomic E-state index is 12.8. The molecule has 1 aromatic rings. The fraction of sp³-hybridized carbons (Fsp3) is 0.625. The number of aliphatic hydroxyl groups is 1. The molecule has 3 rings (SSSR count). The van der Waals surface area contributed by atoms with Gasteiger partial charge < -0.3 is 9.84 Å². The molecule has 6 heteroatoms. The van der Waals surface area contributed by atoms with Crippen LogP contribution in [0.1, 0.15) is 129 Å². The van der Waals surface area contributed by atoms with Gasteiger partial charge in [0.15, 0.2) is 6.29 Å². The van der Waals surface area contributed by atoms with Crippen LogP contribution in [0.2, 0.25) is 0 Å². The Morgan fingerprint density at radius 1 is 1.02 bits per heavy atom. The van der Waals surface area contributed by atoms with Crippen molar-refractivity contribution in [2.45, 2.75) is 118 Å². The Balaban J connectivity index is 0.00000361. The lowest BCUT2D eigenvalue weighted by Crippen LogP contribution is -2.50. The van der Waals surface area contributed by atoms with Crippen LogP contribution in [0.5, 0.6) is 0 Å². The molecule has 0 amide bonds. The molecule has 1 fully saturated rings. The highest BCUT2D eigenvalue weighted by Gasteiger charge is 2.43. The molecule has 1 unspecified atom stereocenters. The first-order valence-corrected chi connectivity index (χ1v) is 17.1. The fourth-order valence-electron chi connectivity index (χ4n) is 6.33. The summed E-state index contributed by atoms with van der Waals surface area (Å²) >= 11 is 0. The van der Waals surface area contributed by atoms with Gasteiger partial charge in [0.1, 0.15) is 23.4 Å². The summed E-state index contributed by atoms with van der Waals surface area (Å²) in [6.07, 6.45) is 17.5. The van der Waals surface area contributed by atoms with Crippen molar-refractivity contribution in [3.05, 3.63) is 71.0 Å². The van der Waals surface area contributed by atoms with Crippen LogP contribution >= 0.6 is 0 Å². The van der Waals surface area contributed by atoms with Crippen molar-refractivity contribution in [3.63, 3.8) is 0 Å². The van der Waals surface area contributed by atoms with E-state index in [-0.39, 0.29) is 16.9 Å². The van der Waals surface area contributed by atoms with Crippen LogP contribution in [0.3, 0.4) is 0 Å². The van der Waals surface area contributed by atoms with Crippen molar-refractivity contribution in [1.82, 2.24) is 4.90 Å². The number of aldehydes is 2. The Kier molecular flexibility index (Phi) is 15.3. The Morgan fingerprint density at radius 3 is 2.15 bits per heavy atom. The zero-order valence-electron chi connectivity index (χ0n) is 30.4. The lowest BCUT2D eigenvalue weighted by molar-refractivity contribution is -0.102. The molecule has 2 aliphatic carbocycles. The minimum atomic E-state index is -0.513. The first kappa shape index (κ1) is 39.3. The van der Waals surface area contributed by atoms with Gasteiger partial charge in [-0.1, -0.05) is 91.8 Å². The molecule has 1 saturated carbocycles. The maximum absolute atomic E-state index is 12.8. The summed E-state index contributed by atoms with van der Waals surface area (Å²) in [7, 11) is 3.20. The summed E-state index contributed by atoms with van der Waals surface area (Å²) in [5.74, 6) is 2.04. The Labute approximate surface area is 280 Å². The third kappa shape index (κ3) is 12.1. The van der Waals surface area contributed by atoms with Crippen molar-refractivity contribution >= 4 is 18.3 Å². The van der Waals surface area contributed by atoms with Crippen LogP contribution in [0.4, 0.5) is 0 Å². The second-order valence-electron chi connectivity index (χ2n) is 15.7. The Bertz CT molecular complexity index is 1220. The maximum Gasteiger partial charge on any atom is 0.168 e. The zero-order chi connectivity index (χ0) is 34.5. The molecule has 0 aromatic heterocycles. The number of hydrogen-bond donors (Lipinski definition) is 1. The fourth-order valence-corrected chi connectivity index (χ4v) is 6.33. The van der Waals surface area contributed by atoms with E-state index in [9.17, 15) is 9.59 Å². The van der Waals surface area contributed by atoms with E-state index in [0.29, 0.717) is 36.1 Å². The summed E-state index contributed by atoms with van der Waals surface area (Å²) in [5, 5.41) is 7.00. The Morgan fingerprint density at radius 2 is 1.63 bits per heavy atom. The van der Waals surface area contributed by atoms with Crippen molar-refractivity contribution in [2.24, 2.45) is 27.7 Å². The van der Waals surface area contributed by atoms with Gasteiger partial charge in [0.2, 0.25) is 0 Å². The largest absolute Gasteiger partial charge is 0.494 e. The molecule has 0 heterocycles. The third-order valence-corrected chi connectivity index (χ3v) is 9.46. The van der Waals surface area contributed by atoms with E-state index in [0.717, 1.165) is 76.0 Å². The number of hydrogen-bond acceptors (Lipinski definition) is 6. The van der Waals surface area contributed by atoms with Gasteiger partial charge >= 0.3 is 0 Å². The number of ether oxygens (including phenoxy) is 1. The molecular weight excluding hydrogens is 572 g/mol. The van der Waals surface area contributed by atoms with Gasteiger partial charge in [-0.05, 0) is 104 Å². The average molecular weight is 635 g/mol. The molecule has 0 aliphatic heterocycles. The smallest absolute Gasteiger partial charge is 0.168 e. The van der Waals surface area contributed by atoms with Gasteiger partial charge in [0.05, 0.1) is 6.61 Å². The molecule has 2 aliphatic rings. The molecule has 1 N–H and O–H groups in total. The van der Waals surface area contributed by atoms with Crippen LogP contribution in [0, 0.1) is 22.7 Å². The topological polar surface area (TPSA) is 79.2 Å². The lowest BCUT2D eigenvalue weighted by atomic mass is 9.75. The SMILES string of the molecule is CC(C)C1CCC(/N=C(\C=O)C2=CC(OCCC(C)(C)C)=CC=CC2)(N(C)C(CCC(C)(C)C)c2ccc(C=O)cc2)CC1.CO. The van der Waals surface area contributed by atoms with Crippen LogP contribution in [0.25, 0.3) is 0 Å². The molecule has 0 radical (unpaired) electrons. The van der Waals surface area contributed by atoms with E-state index in [1.54, 1.807) is 0 Å². The zero-order valence-corrected chi connectivity index (χ0v) is 30.4. The number of rotatable bonds is 13. The van der Waals surface area contributed by atoms with E-state index in [1.807, 2.05) is 30.4 Å². The van der Waals surface area contributed by atoms with E-state index < -0.39 is 5.66 Å².